The Morgan fingerprint density at radius 3 is 2.61 bits per heavy atom. The van der Waals surface area contributed by atoms with E-state index in [2.05, 4.69) is 4.98 Å². The van der Waals surface area contributed by atoms with E-state index in [9.17, 15) is 17.2 Å². The first-order valence-electron chi connectivity index (χ1n) is 7.28. The van der Waals surface area contributed by atoms with Crippen molar-refractivity contribution in [3.63, 3.8) is 0 Å². The van der Waals surface area contributed by atoms with E-state index in [1.54, 1.807) is 18.3 Å². The minimum absolute atomic E-state index is 0.0531. The standard InChI is InChI=1S/C16H18F2N2O2S/c1-2-3-9-23(21,22)20(12-13-5-4-8-19-11-13)16-7-6-14(17)10-15(16)18/h4-8,10-11H,2-3,9,12H2,1H3. The van der Waals surface area contributed by atoms with Crippen LogP contribution in [0.5, 0.6) is 0 Å². The zero-order valence-corrected chi connectivity index (χ0v) is 13.6. The Kier molecular flexibility index (Phi) is 5.65. The highest BCUT2D eigenvalue weighted by Crippen LogP contribution is 2.25. The van der Waals surface area contributed by atoms with Crippen molar-refractivity contribution in [1.29, 1.82) is 0 Å². The van der Waals surface area contributed by atoms with Crippen molar-refractivity contribution in [3.05, 3.63) is 59.9 Å². The van der Waals surface area contributed by atoms with Crippen LogP contribution < -0.4 is 4.31 Å². The molecule has 0 unspecified atom stereocenters. The van der Waals surface area contributed by atoms with Crippen LogP contribution in [-0.4, -0.2) is 19.2 Å². The minimum atomic E-state index is -3.73. The highest BCUT2D eigenvalue weighted by Gasteiger charge is 2.25. The smallest absolute Gasteiger partial charge is 0.235 e. The van der Waals surface area contributed by atoms with Gasteiger partial charge in [-0.1, -0.05) is 19.4 Å². The third kappa shape index (κ3) is 4.48. The van der Waals surface area contributed by atoms with E-state index in [0.29, 0.717) is 24.5 Å². The number of anilines is 1. The number of benzene rings is 1. The lowest BCUT2D eigenvalue weighted by molar-refractivity contribution is 0.571. The molecule has 1 aromatic heterocycles. The SMILES string of the molecule is CCCCS(=O)(=O)N(Cc1cccnc1)c1ccc(F)cc1F. The molecule has 0 radical (unpaired) electrons. The molecule has 0 saturated carbocycles. The third-order valence-corrected chi connectivity index (χ3v) is 5.12. The summed E-state index contributed by atoms with van der Waals surface area (Å²) in [7, 11) is -3.73. The first kappa shape index (κ1) is 17.3. The maximum atomic E-state index is 14.1. The van der Waals surface area contributed by atoms with Gasteiger partial charge in [-0.25, -0.2) is 17.2 Å². The highest BCUT2D eigenvalue weighted by atomic mass is 32.2. The molecule has 0 aliphatic carbocycles. The van der Waals surface area contributed by atoms with Crippen molar-refractivity contribution in [2.45, 2.75) is 26.3 Å². The molecule has 2 aromatic rings. The van der Waals surface area contributed by atoms with Gasteiger partial charge in [0, 0.05) is 18.5 Å². The van der Waals surface area contributed by atoms with Gasteiger partial charge in [0.2, 0.25) is 10.0 Å². The summed E-state index contributed by atoms with van der Waals surface area (Å²) in [6.07, 6.45) is 4.25. The van der Waals surface area contributed by atoms with E-state index in [4.69, 9.17) is 0 Å². The molecule has 124 valence electrons. The monoisotopic (exact) mass is 340 g/mol. The summed E-state index contributed by atoms with van der Waals surface area (Å²) < 4.78 is 53.3. The van der Waals surface area contributed by atoms with Crippen molar-refractivity contribution >= 4 is 15.7 Å². The second-order valence-corrected chi connectivity index (χ2v) is 7.15. The molecule has 0 N–H and O–H groups in total. The van der Waals surface area contributed by atoms with Gasteiger partial charge in [0.15, 0.2) is 0 Å². The molecular formula is C16H18F2N2O2S. The molecule has 23 heavy (non-hydrogen) atoms. The van der Waals surface area contributed by atoms with Gasteiger partial charge < -0.3 is 0 Å². The van der Waals surface area contributed by atoms with Crippen LogP contribution in [0.2, 0.25) is 0 Å². The maximum Gasteiger partial charge on any atom is 0.235 e. The summed E-state index contributed by atoms with van der Waals surface area (Å²) in [5.74, 6) is -1.76. The topological polar surface area (TPSA) is 50.3 Å². The van der Waals surface area contributed by atoms with Crippen LogP contribution in [0.3, 0.4) is 0 Å². The predicted molar refractivity (Wildman–Crippen MR) is 85.5 cm³/mol. The van der Waals surface area contributed by atoms with Crippen LogP contribution in [0.1, 0.15) is 25.3 Å². The fraction of sp³-hybridized carbons (Fsp3) is 0.312. The van der Waals surface area contributed by atoms with E-state index in [1.165, 1.54) is 6.20 Å². The average molecular weight is 340 g/mol. The Morgan fingerprint density at radius 2 is 2.00 bits per heavy atom. The number of hydrogen-bond donors (Lipinski definition) is 0. The van der Waals surface area contributed by atoms with Crippen LogP contribution in [0.4, 0.5) is 14.5 Å². The summed E-state index contributed by atoms with van der Waals surface area (Å²) in [5.41, 5.74) is 0.461. The van der Waals surface area contributed by atoms with E-state index < -0.39 is 21.7 Å². The molecule has 1 heterocycles. The number of rotatable bonds is 7. The van der Waals surface area contributed by atoms with Gasteiger partial charge in [0.05, 0.1) is 18.0 Å². The second kappa shape index (κ2) is 7.50. The summed E-state index contributed by atoms with van der Waals surface area (Å²) in [6, 6.07) is 6.25. The van der Waals surface area contributed by atoms with Crippen LogP contribution in [0, 0.1) is 11.6 Å². The lowest BCUT2D eigenvalue weighted by Gasteiger charge is -2.25. The normalized spacial score (nSPS) is 11.4. The van der Waals surface area contributed by atoms with Gasteiger partial charge in [-0.05, 0) is 30.2 Å². The molecule has 7 heteroatoms. The third-order valence-electron chi connectivity index (χ3n) is 3.32. The van der Waals surface area contributed by atoms with Crippen molar-refractivity contribution in [2.75, 3.05) is 10.1 Å². The van der Waals surface area contributed by atoms with Gasteiger partial charge in [0.1, 0.15) is 11.6 Å². The largest absolute Gasteiger partial charge is 0.264 e. The van der Waals surface area contributed by atoms with Crippen molar-refractivity contribution in [2.24, 2.45) is 0 Å². The predicted octanol–water partition coefficient (Wildman–Crippen LogP) is 3.50. The molecule has 2 rings (SSSR count). The van der Waals surface area contributed by atoms with Crippen LogP contribution in [0.15, 0.2) is 42.7 Å². The van der Waals surface area contributed by atoms with Crippen molar-refractivity contribution in [3.8, 4) is 0 Å². The lowest BCUT2D eigenvalue weighted by Crippen LogP contribution is -2.33. The van der Waals surface area contributed by atoms with Crippen LogP contribution in [-0.2, 0) is 16.6 Å². The lowest BCUT2D eigenvalue weighted by atomic mass is 10.2. The average Bonchev–Trinajstić information content (AvgIpc) is 2.52. The van der Waals surface area contributed by atoms with E-state index in [-0.39, 0.29) is 18.0 Å². The number of nitrogens with zero attached hydrogens (tertiary/aromatic N) is 2. The fourth-order valence-corrected chi connectivity index (χ4v) is 3.78. The molecule has 0 fully saturated rings. The van der Waals surface area contributed by atoms with E-state index in [0.717, 1.165) is 16.4 Å². The molecule has 1 aromatic carbocycles. The Morgan fingerprint density at radius 1 is 1.22 bits per heavy atom. The van der Waals surface area contributed by atoms with Crippen molar-refractivity contribution in [1.82, 2.24) is 4.98 Å². The highest BCUT2D eigenvalue weighted by molar-refractivity contribution is 7.92. The molecule has 0 atom stereocenters. The van der Waals surface area contributed by atoms with Gasteiger partial charge >= 0.3 is 0 Å². The first-order valence-corrected chi connectivity index (χ1v) is 8.89. The number of unbranched alkanes of at least 4 members (excludes halogenated alkanes) is 1. The van der Waals surface area contributed by atoms with Gasteiger partial charge in [-0.2, -0.15) is 0 Å². The maximum absolute atomic E-state index is 14.1. The van der Waals surface area contributed by atoms with E-state index in [1.807, 2.05) is 6.92 Å². The van der Waals surface area contributed by atoms with Crippen LogP contribution >= 0.6 is 0 Å². The quantitative estimate of drug-likeness (QED) is 0.775. The Bertz CT molecular complexity index is 752. The van der Waals surface area contributed by atoms with Gasteiger partial charge in [0.25, 0.3) is 0 Å². The number of halogens is 2. The van der Waals surface area contributed by atoms with Gasteiger partial charge in [-0.3, -0.25) is 9.29 Å². The summed E-state index contributed by atoms with van der Waals surface area (Å²) >= 11 is 0. The Labute approximate surface area is 134 Å². The number of hydrogen-bond acceptors (Lipinski definition) is 3. The molecule has 0 saturated heterocycles. The van der Waals surface area contributed by atoms with Crippen LogP contribution in [0.25, 0.3) is 0 Å². The van der Waals surface area contributed by atoms with Crippen molar-refractivity contribution < 1.29 is 17.2 Å². The Hall–Kier alpha value is -2.02. The molecule has 0 bridgehead atoms. The summed E-state index contributed by atoms with van der Waals surface area (Å²) in [5, 5.41) is 0. The Balaban J connectivity index is 2.42. The number of sulfonamides is 1. The minimum Gasteiger partial charge on any atom is -0.264 e. The summed E-state index contributed by atoms with van der Waals surface area (Å²) in [4.78, 5) is 3.94. The molecule has 0 spiro atoms. The number of aromatic nitrogens is 1. The molecule has 4 nitrogen and oxygen atoms in total. The first-order chi connectivity index (χ1) is 10.9. The second-order valence-electron chi connectivity index (χ2n) is 5.13. The fourth-order valence-electron chi connectivity index (χ4n) is 2.11. The molecule has 0 amide bonds. The zero-order valence-electron chi connectivity index (χ0n) is 12.7. The summed E-state index contributed by atoms with van der Waals surface area (Å²) in [6.45, 7) is 1.82. The molecule has 0 aliphatic rings. The molecule has 0 aliphatic heterocycles. The van der Waals surface area contributed by atoms with E-state index >= 15 is 0 Å². The number of pyridine rings is 1. The van der Waals surface area contributed by atoms with Gasteiger partial charge in [-0.15, -0.1) is 0 Å². The molecular weight excluding hydrogens is 322 g/mol. The zero-order chi connectivity index (χ0) is 16.9.